The zero-order valence-corrected chi connectivity index (χ0v) is 11.8. The van der Waals surface area contributed by atoms with Crippen LogP contribution in [-0.2, 0) is 11.3 Å². The third-order valence-electron chi connectivity index (χ3n) is 3.41. The van der Waals surface area contributed by atoms with Gasteiger partial charge in [-0.15, -0.1) is 0 Å². The minimum atomic E-state index is -0.394. The lowest BCUT2D eigenvalue weighted by molar-refractivity contribution is 0.185. The van der Waals surface area contributed by atoms with Gasteiger partial charge in [-0.3, -0.25) is 14.2 Å². The average molecular weight is 286 g/mol. The van der Waals surface area contributed by atoms with Gasteiger partial charge in [0.2, 0.25) is 11.1 Å². The van der Waals surface area contributed by atoms with Crippen molar-refractivity contribution >= 4 is 22.1 Å². The van der Waals surface area contributed by atoms with Crippen molar-refractivity contribution in [3.05, 3.63) is 50.7 Å². The summed E-state index contributed by atoms with van der Waals surface area (Å²) in [5.41, 5.74) is -0.240. The first kappa shape index (κ1) is 13.5. The molecule has 6 nitrogen and oxygen atoms in total. The number of rotatable bonds is 3. The van der Waals surface area contributed by atoms with Gasteiger partial charge in [0, 0.05) is 7.11 Å². The molecule has 1 aromatic carbocycles. The van der Waals surface area contributed by atoms with Crippen LogP contribution in [0.25, 0.3) is 22.1 Å². The molecule has 2 heterocycles. The second-order valence-electron chi connectivity index (χ2n) is 4.72. The average Bonchev–Trinajstić information content (AvgIpc) is 2.47. The highest BCUT2D eigenvalue weighted by Gasteiger charge is 2.15. The van der Waals surface area contributed by atoms with E-state index in [4.69, 9.17) is 9.15 Å². The third kappa shape index (κ3) is 2.13. The Kier molecular flexibility index (Phi) is 3.31. The number of hydrogen-bond acceptors (Lipinski definition) is 5. The van der Waals surface area contributed by atoms with Crippen LogP contribution < -0.4 is 11.0 Å². The van der Waals surface area contributed by atoms with Crippen LogP contribution in [0.5, 0.6) is 0 Å². The van der Waals surface area contributed by atoms with Crippen LogP contribution in [-0.4, -0.2) is 23.3 Å². The van der Waals surface area contributed by atoms with Crippen molar-refractivity contribution in [1.29, 1.82) is 0 Å². The van der Waals surface area contributed by atoms with Gasteiger partial charge in [-0.25, -0.2) is 0 Å². The first-order valence-corrected chi connectivity index (χ1v) is 6.55. The molecule has 0 saturated heterocycles. The summed E-state index contributed by atoms with van der Waals surface area (Å²) in [6.07, 6.45) is 0. The van der Waals surface area contributed by atoms with E-state index in [1.165, 1.54) is 4.57 Å². The maximum absolute atomic E-state index is 12.5. The smallest absolute Gasteiger partial charge is 0.268 e. The highest BCUT2D eigenvalue weighted by atomic mass is 16.5. The first-order chi connectivity index (χ1) is 10.1. The van der Waals surface area contributed by atoms with E-state index in [1.54, 1.807) is 38.3 Å². The normalized spacial score (nSPS) is 11.3. The third-order valence-corrected chi connectivity index (χ3v) is 3.41. The summed E-state index contributed by atoms with van der Waals surface area (Å²) in [5.74, 6) is 0.489. The van der Waals surface area contributed by atoms with Gasteiger partial charge in [-0.2, -0.15) is 4.98 Å². The van der Waals surface area contributed by atoms with Gasteiger partial charge >= 0.3 is 0 Å². The Balaban J connectivity index is 2.42. The van der Waals surface area contributed by atoms with E-state index >= 15 is 0 Å². The standard InChI is InChI=1S/C15H14N2O4/c1-9-16-14-12(15(19)17(9)7-8-20-2)13(18)10-5-3-4-6-11(10)21-14/h3-6H,7-8H2,1-2H3. The molecule has 0 unspecified atom stereocenters. The van der Waals surface area contributed by atoms with Gasteiger partial charge < -0.3 is 9.15 Å². The molecule has 0 amide bonds. The minimum absolute atomic E-state index is 0.0181. The Bertz CT molecular complexity index is 940. The lowest BCUT2D eigenvalue weighted by Gasteiger charge is -2.09. The highest BCUT2D eigenvalue weighted by Crippen LogP contribution is 2.14. The van der Waals surface area contributed by atoms with Gasteiger partial charge in [0.1, 0.15) is 11.4 Å². The SMILES string of the molecule is COCCn1c(C)nc2oc3ccccc3c(=O)c2c1=O. The maximum atomic E-state index is 12.5. The maximum Gasteiger partial charge on any atom is 0.268 e. The summed E-state index contributed by atoms with van der Waals surface area (Å²) in [6.45, 7) is 2.41. The predicted molar refractivity (Wildman–Crippen MR) is 78.7 cm³/mol. The summed E-state index contributed by atoms with van der Waals surface area (Å²) in [7, 11) is 1.55. The largest absolute Gasteiger partial charge is 0.437 e. The summed E-state index contributed by atoms with van der Waals surface area (Å²) >= 11 is 0. The fourth-order valence-corrected chi connectivity index (χ4v) is 2.33. The molecule has 0 N–H and O–H groups in total. The number of para-hydroxylation sites is 1. The molecular weight excluding hydrogens is 272 g/mol. The van der Waals surface area contributed by atoms with Crippen molar-refractivity contribution < 1.29 is 9.15 Å². The van der Waals surface area contributed by atoms with Crippen LogP contribution in [0.1, 0.15) is 5.82 Å². The lowest BCUT2D eigenvalue weighted by Crippen LogP contribution is -2.29. The monoisotopic (exact) mass is 286 g/mol. The van der Waals surface area contributed by atoms with E-state index in [9.17, 15) is 9.59 Å². The number of aryl methyl sites for hydroxylation is 1. The van der Waals surface area contributed by atoms with E-state index in [0.717, 1.165) is 0 Å². The number of methoxy groups -OCH3 is 1. The summed E-state index contributed by atoms with van der Waals surface area (Å²) in [6, 6.07) is 6.82. The quantitative estimate of drug-likeness (QED) is 0.681. The second kappa shape index (κ2) is 5.14. The lowest BCUT2D eigenvalue weighted by atomic mass is 10.2. The molecule has 21 heavy (non-hydrogen) atoms. The van der Waals surface area contributed by atoms with Crippen LogP contribution in [0.3, 0.4) is 0 Å². The van der Waals surface area contributed by atoms with E-state index in [2.05, 4.69) is 4.98 Å². The van der Waals surface area contributed by atoms with Gasteiger partial charge in [0.25, 0.3) is 5.56 Å². The molecule has 6 heteroatoms. The Hall–Kier alpha value is -2.47. The molecular formula is C15H14N2O4. The van der Waals surface area contributed by atoms with Crippen LogP contribution in [0, 0.1) is 6.92 Å². The summed E-state index contributed by atoms with van der Waals surface area (Å²) < 4.78 is 12.0. The number of benzene rings is 1. The minimum Gasteiger partial charge on any atom is -0.437 e. The number of aromatic nitrogens is 2. The molecule has 2 aromatic heterocycles. The van der Waals surface area contributed by atoms with Crippen LogP contribution in [0.4, 0.5) is 0 Å². The molecule has 108 valence electrons. The van der Waals surface area contributed by atoms with Crippen molar-refractivity contribution in [2.75, 3.05) is 13.7 Å². The van der Waals surface area contributed by atoms with Crippen LogP contribution >= 0.6 is 0 Å². The van der Waals surface area contributed by atoms with Crippen molar-refractivity contribution in [2.45, 2.75) is 13.5 Å². The first-order valence-electron chi connectivity index (χ1n) is 6.55. The number of hydrogen-bond donors (Lipinski definition) is 0. The molecule has 0 bridgehead atoms. The second-order valence-corrected chi connectivity index (χ2v) is 4.72. The number of fused-ring (bicyclic) bond motifs is 2. The Labute approximate surface area is 119 Å². The van der Waals surface area contributed by atoms with Crippen molar-refractivity contribution in [2.24, 2.45) is 0 Å². The molecule has 0 atom stereocenters. The van der Waals surface area contributed by atoms with E-state index in [1.807, 2.05) is 0 Å². The molecule has 0 radical (unpaired) electrons. The van der Waals surface area contributed by atoms with E-state index < -0.39 is 5.56 Å². The fourth-order valence-electron chi connectivity index (χ4n) is 2.33. The van der Waals surface area contributed by atoms with E-state index in [0.29, 0.717) is 29.9 Å². The number of nitrogens with zero attached hydrogens (tertiary/aromatic N) is 2. The zero-order chi connectivity index (χ0) is 15.0. The van der Waals surface area contributed by atoms with Gasteiger partial charge in [0.05, 0.1) is 18.5 Å². The van der Waals surface area contributed by atoms with E-state index in [-0.39, 0.29) is 16.5 Å². The predicted octanol–water partition coefficient (Wildman–Crippen LogP) is 1.46. The van der Waals surface area contributed by atoms with Crippen LogP contribution in [0.15, 0.2) is 38.3 Å². The van der Waals surface area contributed by atoms with Crippen molar-refractivity contribution in [1.82, 2.24) is 9.55 Å². The Morgan fingerprint density at radius 3 is 2.81 bits per heavy atom. The Morgan fingerprint density at radius 2 is 2.05 bits per heavy atom. The van der Waals surface area contributed by atoms with Crippen molar-refractivity contribution in [3.63, 3.8) is 0 Å². The molecule has 3 rings (SSSR count). The molecule has 0 aliphatic carbocycles. The zero-order valence-electron chi connectivity index (χ0n) is 11.8. The van der Waals surface area contributed by atoms with Gasteiger partial charge in [-0.05, 0) is 19.1 Å². The molecule has 3 aromatic rings. The molecule has 0 fully saturated rings. The molecule has 0 aliphatic heterocycles. The number of ether oxygens (including phenoxy) is 1. The topological polar surface area (TPSA) is 74.3 Å². The highest BCUT2D eigenvalue weighted by molar-refractivity contribution is 5.87. The van der Waals surface area contributed by atoms with Gasteiger partial charge in [-0.1, -0.05) is 12.1 Å². The molecule has 0 spiro atoms. The molecule has 0 aliphatic rings. The van der Waals surface area contributed by atoms with Gasteiger partial charge in [0.15, 0.2) is 5.39 Å². The fraction of sp³-hybridized carbons (Fsp3) is 0.267. The van der Waals surface area contributed by atoms with Crippen molar-refractivity contribution in [3.8, 4) is 0 Å². The van der Waals surface area contributed by atoms with Crippen LogP contribution in [0.2, 0.25) is 0 Å². The molecule has 0 saturated carbocycles. The summed E-state index contributed by atoms with van der Waals surface area (Å²) in [5, 5.41) is 0.362. The summed E-state index contributed by atoms with van der Waals surface area (Å²) in [4.78, 5) is 29.3. The Morgan fingerprint density at radius 1 is 1.29 bits per heavy atom.